The van der Waals surface area contributed by atoms with Crippen LogP contribution in [0.2, 0.25) is 0 Å². The molecule has 2 nitrogen and oxygen atoms in total. The van der Waals surface area contributed by atoms with Crippen LogP contribution >= 0.6 is 11.6 Å². The van der Waals surface area contributed by atoms with Crippen molar-refractivity contribution < 1.29 is 9.53 Å². The third-order valence-electron chi connectivity index (χ3n) is 1.79. The predicted molar refractivity (Wildman–Crippen MR) is 50.0 cm³/mol. The predicted octanol–water partition coefficient (Wildman–Crippen LogP) is 2.57. The second-order valence-electron chi connectivity index (χ2n) is 2.97. The summed E-state index contributed by atoms with van der Waals surface area (Å²) in [6.07, 6.45) is 2.41. The summed E-state index contributed by atoms with van der Waals surface area (Å²) >= 11 is 5.37. The molecule has 1 atom stereocenters. The van der Waals surface area contributed by atoms with E-state index in [0.29, 0.717) is 6.42 Å². The zero-order valence-electron chi connectivity index (χ0n) is 7.71. The molecule has 0 heterocycles. The van der Waals surface area contributed by atoms with Gasteiger partial charge in [-0.2, -0.15) is 0 Å². The number of hydrogen-bond donors (Lipinski definition) is 0. The van der Waals surface area contributed by atoms with Gasteiger partial charge >= 0.3 is 5.97 Å². The van der Waals surface area contributed by atoms with Crippen molar-refractivity contribution in [2.45, 2.75) is 20.3 Å². The molecule has 70 valence electrons. The molecule has 3 heteroatoms. The van der Waals surface area contributed by atoms with Gasteiger partial charge in [0.25, 0.3) is 0 Å². The summed E-state index contributed by atoms with van der Waals surface area (Å²) in [7, 11) is 1.40. The van der Waals surface area contributed by atoms with Gasteiger partial charge in [0.2, 0.25) is 0 Å². The van der Waals surface area contributed by atoms with E-state index in [1.54, 1.807) is 6.08 Å². The van der Waals surface area contributed by atoms with Crippen LogP contribution in [0, 0.1) is 11.8 Å². The first-order chi connectivity index (χ1) is 5.63. The van der Waals surface area contributed by atoms with Crippen molar-refractivity contribution in [1.82, 2.24) is 0 Å². The van der Waals surface area contributed by atoms with Crippen molar-refractivity contribution in [3.05, 3.63) is 11.6 Å². The molecule has 1 unspecified atom stereocenters. The van der Waals surface area contributed by atoms with Gasteiger partial charge in [-0.15, -0.1) is 0 Å². The third kappa shape index (κ3) is 3.77. The minimum Gasteiger partial charge on any atom is -0.469 e. The molecule has 0 spiro atoms. The van der Waals surface area contributed by atoms with E-state index in [0.717, 1.165) is 0 Å². The maximum atomic E-state index is 11.2. The maximum absolute atomic E-state index is 11.2. The minimum absolute atomic E-state index is 0.0787. The van der Waals surface area contributed by atoms with E-state index in [1.165, 1.54) is 12.6 Å². The third-order valence-corrected chi connectivity index (χ3v) is 1.97. The lowest BCUT2D eigenvalue weighted by atomic mass is 9.93. The maximum Gasteiger partial charge on any atom is 0.309 e. The number of esters is 1. The van der Waals surface area contributed by atoms with E-state index in [1.807, 2.05) is 13.8 Å². The molecule has 0 N–H and O–H groups in total. The summed E-state index contributed by atoms with van der Waals surface area (Å²) in [5.74, 6) is 0.0371. The van der Waals surface area contributed by atoms with Crippen molar-refractivity contribution in [2.75, 3.05) is 7.11 Å². The van der Waals surface area contributed by atoms with Crippen LogP contribution in [0.3, 0.4) is 0 Å². The highest BCUT2D eigenvalue weighted by atomic mass is 35.5. The summed E-state index contributed by atoms with van der Waals surface area (Å²) in [6.45, 7) is 3.98. The van der Waals surface area contributed by atoms with Gasteiger partial charge in [0.15, 0.2) is 0 Å². The number of carbonyl (C=O) groups excluding carboxylic acids is 1. The lowest BCUT2D eigenvalue weighted by Crippen LogP contribution is -2.20. The topological polar surface area (TPSA) is 26.3 Å². The number of ether oxygens (including phenoxy) is 1. The molecule has 0 saturated carbocycles. The smallest absolute Gasteiger partial charge is 0.309 e. The summed E-state index contributed by atoms with van der Waals surface area (Å²) in [4.78, 5) is 11.2. The molecule has 0 aromatic carbocycles. The summed E-state index contributed by atoms with van der Waals surface area (Å²) in [5.41, 5.74) is 1.43. The molecular formula is C9H15ClO2. The first kappa shape index (κ1) is 11.5. The number of carbonyl (C=O) groups is 1. The van der Waals surface area contributed by atoms with Crippen LogP contribution in [0.15, 0.2) is 11.6 Å². The molecule has 0 amide bonds. The molecule has 0 fully saturated rings. The van der Waals surface area contributed by atoms with E-state index in [2.05, 4.69) is 4.74 Å². The summed E-state index contributed by atoms with van der Waals surface area (Å²) in [5, 5.41) is 0. The molecule has 0 radical (unpaired) electrons. The highest BCUT2D eigenvalue weighted by Crippen LogP contribution is 2.17. The van der Waals surface area contributed by atoms with Gasteiger partial charge in [-0.05, 0) is 12.3 Å². The zero-order valence-corrected chi connectivity index (χ0v) is 8.47. The Morgan fingerprint density at radius 3 is 2.50 bits per heavy atom. The lowest BCUT2D eigenvalue weighted by Gasteiger charge is -2.15. The molecule has 0 aliphatic carbocycles. The molecule has 0 saturated heterocycles. The lowest BCUT2D eigenvalue weighted by molar-refractivity contribution is -0.146. The van der Waals surface area contributed by atoms with Gasteiger partial charge in [0.05, 0.1) is 13.0 Å². The van der Waals surface area contributed by atoms with Crippen molar-refractivity contribution in [3.63, 3.8) is 0 Å². The highest BCUT2D eigenvalue weighted by Gasteiger charge is 2.20. The highest BCUT2D eigenvalue weighted by molar-refractivity contribution is 6.25. The summed E-state index contributed by atoms with van der Waals surface area (Å²) in [6, 6.07) is 0. The Kier molecular flexibility index (Phi) is 5.81. The fourth-order valence-electron chi connectivity index (χ4n) is 0.990. The monoisotopic (exact) mass is 190 g/mol. The van der Waals surface area contributed by atoms with E-state index < -0.39 is 0 Å². The fraction of sp³-hybridized carbons (Fsp3) is 0.667. The Morgan fingerprint density at radius 2 is 2.17 bits per heavy atom. The second-order valence-corrected chi connectivity index (χ2v) is 3.22. The van der Waals surface area contributed by atoms with E-state index in [-0.39, 0.29) is 17.8 Å². The quantitative estimate of drug-likeness (QED) is 0.637. The molecule has 0 rings (SSSR count). The Morgan fingerprint density at radius 1 is 1.58 bits per heavy atom. The number of methoxy groups -OCH3 is 1. The van der Waals surface area contributed by atoms with Crippen LogP contribution in [-0.4, -0.2) is 13.1 Å². The SMILES string of the molecule is COC(=O)C(C/C=C/Cl)C(C)C. The molecule has 0 aromatic rings. The van der Waals surface area contributed by atoms with Crippen LogP contribution in [0.4, 0.5) is 0 Å². The molecular weight excluding hydrogens is 176 g/mol. The van der Waals surface area contributed by atoms with Crippen LogP contribution in [-0.2, 0) is 9.53 Å². The van der Waals surface area contributed by atoms with Crippen molar-refractivity contribution in [3.8, 4) is 0 Å². The van der Waals surface area contributed by atoms with Crippen LogP contribution in [0.1, 0.15) is 20.3 Å². The number of hydrogen-bond acceptors (Lipinski definition) is 2. The fourth-order valence-corrected chi connectivity index (χ4v) is 1.09. The minimum atomic E-state index is -0.167. The van der Waals surface area contributed by atoms with Gasteiger partial charge in [0.1, 0.15) is 0 Å². The number of allylic oxidation sites excluding steroid dienone is 1. The van der Waals surface area contributed by atoms with Crippen LogP contribution in [0.5, 0.6) is 0 Å². The number of halogens is 1. The standard InChI is InChI=1S/C9H15ClO2/c1-7(2)8(5-4-6-10)9(11)12-3/h4,6-8H,5H2,1-3H3/b6-4+. The van der Waals surface area contributed by atoms with Gasteiger partial charge < -0.3 is 4.74 Å². The molecule has 0 aliphatic heterocycles. The van der Waals surface area contributed by atoms with E-state index in [4.69, 9.17) is 11.6 Å². The van der Waals surface area contributed by atoms with Crippen molar-refractivity contribution in [2.24, 2.45) is 11.8 Å². The average molecular weight is 191 g/mol. The van der Waals surface area contributed by atoms with E-state index >= 15 is 0 Å². The Hall–Kier alpha value is -0.500. The molecule has 0 aliphatic rings. The molecule has 0 bridgehead atoms. The normalized spacial score (nSPS) is 13.8. The van der Waals surface area contributed by atoms with Crippen LogP contribution < -0.4 is 0 Å². The van der Waals surface area contributed by atoms with Crippen molar-refractivity contribution in [1.29, 1.82) is 0 Å². The Balaban J connectivity index is 4.13. The van der Waals surface area contributed by atoms with Gasteiger partial charge in [-0.3, -0.25) is 4.79 Å². The van der Waals surface area contributed by atoms with E-state index in [9.17, 15) is 4.79 Å². The molecule has 0 aromatic heterocycles. The largest absolute Gasteiger partial charge is 0.469 e. The zero-order chi connectivity index (χ0) is 9.56. The first-order valence-electron chi connectivity index (χ1n) is 3.96. The van der Waals surface area contributed by atoms with Gasteiger partial charge in [-0.25, -0.2) is 0 Å². The number of rotatable bonds is 4. The Bertz CT molecular complexity index is 164. The second kappa shape index (κ2) is 6.06. The average Bonchev–Trinajstić information content (AvgIpc) is 2.04. The van der Waals surface area contributed by atoms with Crippen LogP contribution in [0.25, 0.3) is 0 Å². The molecule has 12 heavy (non-hydrogen) atoms. The first-order valence-corrected chi connectivity index (χ1v) is 4.40. The van der Waals surface area contributed by atoms with Crippen molar-refractivity contribution >= 4 is 17.6 Å². The summed E-state index contributed by atoms with van der Waals surface area (Å²) < 4.78 is 4.65. The Labute approximate surface area is 78.5 Å². The van der Waals surface area contributed by atoms with Gasteiger partial charge in [-0.1, -0.05) is 31.5 Å². The van der Waals surface area contributed by atoms with Gasteiger partial charge in [0, 0.05) is 5.54 Å².